The van der Waals surface area contributed by atoms with Gasteiger partial charge in [-0.25, -0.2) is 15.5 Å². The highest BCUT2D eigenvalue weighted by Gasteiger charge is 2.07. The largest absolute Gasteiger partial charge is 0.289 e. The van der Waals surface area contributed by atoms with Gasteiger partial charge in [-0.3, -0.25) is 15.0 Å². The van der Waals surface area contributed by atoms with E-state index in [0.717, 1.165) is 5.69 Å². The molecule has 0 saturated heterocycles. The van der Waals surface area contributed by atoms with Gasteiger partial charge in [-0.15, -0.1) is 0 Å². The van der Waals surface area contributed by atoms with E-state index in [2.05, 4.69) is 10.1 Å². The lowest BCUT2D eigenvalue weighted by Gasteiger charge is -2.06. The number of pyridine rings is 1. The van der Waals surface area contributed by atoms with E-state index in [-0.39, 0.29) is 17.8 Å². The van der Waals surface area contributed by atoms with Gasteiger partial charge < -0.3 is 0 Å². The second kappa shape index (κ2) is 5.40. The molecule has 2 aromatic heterocycles. The number of carbonyl (C=O) groups is 1. The number of aromatic nitrogens is 3. The van der Waals surface area contributed by atoms with E-state index in [0.29, 0.717) is 5.69 Å². The lowest BCUT2D eigenvalue weighted by atomic mass is 10.3. The Morgan fingerprint density at radius 2 is 2.16 bits per heavy atom. The molecule has 7 heteroatoms. The molecule has 3 N–H and O–H groups in total. The quantitative estimate of drug-likeness (QED) is 0.443. The molecule has 0 spiro atoms. The third kappa shape index (κ3) is 3.02. The molecule has 0 atom stereocenters. The monoisotopic (exact) mass is 259 g/mol. The minimum absolute atomic E-state index is 0.195. The van der Waals surface area contributed by atoms with Crippen LogP contribution in [0.1, 0.15) is 21.9 Å². The van der Waals surface area contributed by atoms with E-state index in [1.54, 1.807) is 25.1 Å². The fourth-order valence-electron chi connectivity index (χ4n) is 1.59. The van der Waals surface area contributed by atoms with Crippen molar-refractivity contribution in [3.63, 3.8) is 0 Å². The number of hydrogen-bond donors (Lipinski definition) is 2. The Kier molecular flexibility index (Phi) is 3.67. The molecule has 2 heterocycles. The highest BCUT2D eigenvalue weighted by molar-refractivity contribution is 5.91. The number of carbonyl (C=O) groups excluding carboxylic acids is 1. The summed E-state index contributed by atoms with van der Waals surface area (Å²) in [7, 11) is 0. The van der Waals surface area contributed by atoms with Crippen molar-refractivity contribution in [2.75, 3.05) is 0 Å². The first-order valence-electron chi connectivity index (χ1n) is 5.62. The Balaban J connectivity index is 2.31. The van der Waals surface area contributed by atoms with Crippen molar-refractivity contribution in [2.24, 2.45) is 5.84 Å². The van der Waals surface area contributed by atoms with Crippen LogP contribution in [0.15, 0.2) is 35.1 Å². The zero-order valence-corrected chi connectivity index (χ0v) is 10.3. The number of amides is 1. The summed E-state index contributed by atoms with van der Waals surface area (Å²) < 4.78 is 1.29. The molecule has 19 heavy (non-hydrogen) atoms. The lowest BCUT2D eigenvalue weighted by Crippen LogP contribution is -2.31. The van der Waals surface area contributed by atoms with Crippen LogP contribution in [0.4, 0.5) is 0 Å². The molecule has 0 unspecified atom stereocenters. The summed E-state index contributed by atoms with van der Waals surface area (Å²) in [5.41, 5.74) is 3.27. The second-order valence-electron chi connectivity index (χ2n) is 3.96. The smallest absolute Gasteiger partial charge is 0.283 e. The average molecular weight is 259 g/mol. The fourth-order valence-corrected chi connectivity index (χ4v) is 1.59. The summed E-state index contributed by atoms with van der Waals surface area (Å²) in [4.78, 5) is 27.1. The third-order valence-corrected chi connectivity index (χ3v) is 2.48. The van der Waals surface area contributed by atoms with E-state index in [4.69, 9.17) is 5.84 Å². The number of hydrazine groups is 1. The van der Waals surface area contributed by atoms with Crippen molar-refractivity contribution in [1.29, 1.82) is 0 Å². The van der Waals surface area contributed by atoms with Gasteiger partial charge in [-0.05, 0) is 25.1 Å². The van der Waals surface area contributed by atoms with Gasteiger partial charge in [-0.2, -0.15) is 5.10 Å². The Bertz CT molecular complexity index is 665. The fraction of sp³-hybridized carbons (Fsp3) is 0.167. The number of hydrogen-bond acceptors (Lipinski definition) is 5. The number of rotatable bonds is 3. The molecule has 0 bridgehead atoms. The Labute approximate surface area is 109 Å². The molecule has 0 aliphatic carbocycles. The number of aryl methyl sites for hydroxylation is 1. The summed E-state index contributed by atoms with van der Waals surface area (Å²) in [6.07, 6.45) is 0. The molecule has 2 rings (SSSR count). The Morgan fingerprint density at radius 1 is 1.37 bits per heavy atom. The molecular formula is C12H13N5O2. The molecular weight excluding hydrogens is 246 g/mol. The van der Waals surface area contributed by atoms with E-state index in [9.17, 15) is 9.59 Å². The average Bonchev–Trinajstić information content (AvgIpc) is 2.42. The summed E-state index contributed by atoms with van der Waals surface area (Å²) in [6.45, 7) is 1.99. The highest BCUT2D eigenvalue weighted by Crippen LogP contribution is 2.01. The van der Waals surface area contributed by atoms with Crippen molar-refractivity contribution >= 4 is 5.91 Å². The van der Waals surface area contributed by atoms with Crippen molar-refractivity contribution in [2.45, 2.75) is 13.5 Å². The molecule has 98 valence electrons. The van der Waals surface area contributed by atoms with Gasteiger partial charge in [0.15, 0.2) is 0 Å². The van der Waals surface area contributed by atoms with E-state index in [1.165, 1.54) is 16.8 Å². The summed E-state index contributed by atoms with van der Waals surface area (Å²) in [6, 6.07) is 8.01. The van der Waals surface area contributed by atoms with Crippen LogP contribution >= 0.6 is 0 Å². The molecule has 2 aromatic rings. The molecule has 0 aliphatic heterocycles. The molecule has 0 saturated carbocycles. The summed E-state index contributed by atoms with van der Waals surface area (Å²) in [5.74, 6) is 4.56. The zero-order valence-electron chi connectivity index (χ0n) is 10.3. The molecule has 7 nitrogen and oxygen atoms in total. The van der Waals surface area contributed by atoms with Gasteiger partial charge in [0.2, 0.25) is 0 Å². The second-order valence-corrected chi connectivity index (χ2v) is 3.96. The number of nitrogens with two attached hydrogens (primary N) is 1. The van der Waals surface area contributed by atoms with Gasteiger partial charge in [0, 0.05) is 6.07 Å². The molecule has 0 aliphatic rings. The Morgan fingerprint density at radius 3 is 2.89 bits per heavy atom. The summed E-state index contributed by atoms with van der Waals surface area (Å²) in [5, 5.41) is 4.10. The van der Waals surface area contributed by atoms with E-state index < -0.39 is 5.91 Å². The molecule has 1 amide bonds. The molecule has 0 aromatic carbocycles. The first-order valence-corrected chi connectivity index (χ1v) is 5.62. The minimum Gasteiger partial charge on any atom is -0.289 e. The van der Waals surface area contributed by atoms with Crippen LogP contribution in [-0.4, -0.2) is 20.7 Å². The predicted octanol–water partition coefficient (Wildman–Crippen LogP) is -0.401. The van der Waals surface area contributed by atoms with Gasteiger partial charge in [-0.1, -0.05) is 6.07 Å². The van der Waals surface area contributed by atoms with Crippen molar-refractivity contribution < 1.29 is 4.79 Å². The zero-order chi connectivity index (χ0) is 13.8. The standard InChI is InChI=1S/C12H13N5O2/c1-8-5-6-11(18)17(16-8)7-9-3-2-4-10(14-9)12(19)15-13/h2-6H,7,13H2,1H3,(H,15,19). The normalized spacial score (nSPS) is 10.2. The van der Waals surface area contributed by atoms with Crippen LogP contribution in [0.2, 0.25) is 0 Å². The lowest BCUT2D eigenvalue weighted by molar-refractivity contribution is 0.0948. The van der Waals surface area contributed by atoms with Gasteiger partial charge >= 0.3 is 0 Å². The maximum absolute atomic E-state index is 11.6. The highest BCUT2D eigenvalue weighted by atomic mass is 16.2. The van der Waals surface area contributed by atoms with Crippen molar-refractivity contribution in [3.8, 4) is 0 Å². The topological polar surface area (TPSA) is 103 Å². The molecule has 0 radical (unpaired) electrons. The number of nitrogens with one attached hydrogen (secondary N) is 1. The van der Waals surface area contributed by atoms with Crippen LogP contribution < -0.4 is 16.8 Å². The van der Waals surface area contributed by atoms with Gasteiger partial charge in [0.25, 0.3) is 11.5 Å². The Hall–Kier alpha value is -2.54. The van der Waals surface area contributed by atoms with Crippen LogP contribution in [0, 0.1) is 6.92 Å². The third-order valence-electron chi connectivity index (χ3n) is 2.48. The first kappa shape index (κ1) is 12.9. The summed E-state index contributed by atoms with van der Waals surface area (Å²) >= 11 is 0. The maximum Gasteiger partial charge on any atom is 0.283 e. The van der Waals surface area contributed by atoms with Crippen LogP contribution in [0.5, 0.6) is 0 Å². The van der Waals surface area contributed by atoms with Gasteiger partial charge in [0.1, 0.15) is 5.69 Å². The van der Waals surface area contributed by atoms with E-state index in [1.807, 2.05) is 5.43 Å². The van der Waals surface area contributed by atoms with Gasteiger partial charge in [0.05, 0.1) is 17.9 Å². The number of nitrogen functional groups attached to an aromatic ring is 1. The van der Waals surface area contributed by atoms with Crippen LogP contribution in [0.25, 0.3) is 0 Å². The van der Waals surface area contributed by atoms with Crippen LogP contribution in [-0.2, 0) is 6.54 Å². The number of nitrogens with zero attached hydrogens (tertiary/aromatic N) is 3. The minimum atomic E-state index is -0.480. The predicted molar refractivity (Wildman–Crippen MR) is 68.2 cm³/mol. The van der Waals surface area contributed by atoms with E-state index >= 15 is 0 Å². The van der Waals surface area contributed by atoms with Crippen molar-refractivity contribution in [3.05, 3.63) is 57.8 Å². The first-order chi connectivity index (χ1) is 9.10. The maximum atomic E-state index is 11.6. The van der Waals surface area contributed by atoms with Crippen molar-refractivity contribution in [1.82, 2.24) is 20.2 Å². The SMILES string of the molecule is Cc1ccc(=O)n(Cc2cccc(C(=O)NN)n2)n1. The van der Waals surface area contributed by atoms with Crippen LogP contribution in [0.3, 0.4) is 0 Å². The molecule has 0 fully saturated rings.